The van der Waals surface area contributed by atoms with E-state index in [2.05, 4.69) is 0 Å². The lowest BCUT2D eigenvalue weighted by Crippen LogP contribution is -2.34. The Balaban J connectivity index is 1.49. The van der Waals surface area contributed by atoms with Gasteiger partial charge in [-0.3, -0.25) is 4.79 Å². The minimum absolute atomic E-state index is 0.287. The molecule has 1 aromatic heterocycles. The van der Waals surface area contributed by atoms with E-state index >= 15 is 0 Å². The fraction of sp³-hybridized carbons (Fsp3) is 0.242. The van der Waals surface area contributed by atoms with E-state index in [1.807, 2.05) is 79.7 Å². The van der Waals surface area contributed by atoms with E-state index in [9.17, 15) is 9.59 Å². The lowest BCUT2D eigenvalue weighted by Gasteiger charge is -2.21. The van der Waals surface area contributed by atoms with E-state index in [0.29, 0.717) is 53.1 Å². The number of para-hydroxylation sites is 2. The monoisotopic (exact) mass is 552 g/mol. The van der Waals surface area contributed by atoms with Gasteiger partial charge in [0.2, 0.25) is 5.75 Å². The summed E-state index contributed by atoms with van der Waals surface area (Å²) in [4.78, 5) is 33.1. The molecule has 0 bridgehead atoms. The number of amides is 1. The molecule has 0 fully saturated rings. The van der Waals surface area contributed by atoms with Crippen molar-refractivity contribution in [3.63, 3.8) is 0 Å². The van der Waals surface area contributed by atoms with Gasteiger partial charge in [-0.05, 0) is 72.9 Å². The van der Waals surface area contributed by atoms with Gasteiger partial charge >= 0.3 is 5.97 Å². The number of hydrogen-bond donors (Lipinski definition) is 0. The van der Waals surface area contributed by atoms with Crippen LogP contribution in [0, 0.1) is 0 Å². The third kappa shape index (κ3) is 5.45. The lowest BCUT2D eigenvalue weighted by molar-refractivity contribution is -0.121. The van der Waals surface area contributed by atoms with Crippen LogP contribution in [0.4, 0.5) is 5.69 Å². The van der Waals surface area contributed by atoms with E-state index in [4.69, 9.17) is 23.9 Å². The normalized spacial score (nSPS) is 13.1. The maximum atomic E-state index is 13.6. The first kappa shape index (κ1) is 27.7. The first-order valence-electron chi connectivity index (χ1n) is 13.4. The van der Waals surface area contributed by atoms with Crippen LogP contribution < -0.4 is 19.1 Å². The molecule has 1 aliphatic carbocycles. The highest BCUT2D eigenvalue weighted by Gasteiger charge is 2.28. The number of esters is 1. The molecule has 8 nitrogen and oxygen atoms in total. The standard InChI is InChI=1S/C33H32N2O6/c1-5-35(23-11-7-6-8-12-23)29(36)20-41-33(37)30-24-13-9-10-14-26(24)34-31-22(15-16-25(30)31)17-21-18-27(38-2)32(40-4)28(19-21)39-3/h6-14,17-19H,5,15-16,20H2,1-4H3. The van der Waals surface area contributed by atoms with Gasteiger partial charge < -0.3 is 23.8 Å². The summed E-state index contributed by atoms with van der Waals surface area (Å²) in [5, 5.41) is 0.702. The molecule has 41 heavy (non-hydrogen) atoms. The van der Waals surface area contributed by atoms with Crippen molar-refractivity contribution in [1.29, 1.82) is 0 Å². The second-order valence-corrected chi connectivity index (χ2v) is 9.51. The van der Waals surface area contributed by atoms with E-state index in [1.54, 1.807) is 26.2 Å². The van der Waals surface area contributed by atoms with Crippen molar-refractivity contribution < 1.29 is 28.5 Å². The number of fused-ring (bicyclic) bond motifs is 2. The molecule has 0 N–H and O–H groups in total. The zero-order valence-electron chi connectivity index (χ0n) is 23.6. The molecular weight excluding hydrogens is 520 g/mol. The summed E-state index contributed by atoms with van der Waals surface area (Å²) in [5.74, 6) is 0.792. The Hall–Kier alpha value is -4.85. The highest BCUT2D eigenvalue weighted by atomic mass is 16.5. The van der Waals surface area contributed by atoms with Gasteiger partial charge in [0.15, 0.2) is 18.1 Å². The van der Waals surface area contributed by atoms with Crippen LogP contribution in [0.25, 0.3) is 22.6 Å². The van der Waals surface area contributed by atoms with Crippen LogP contribution in [-0.2, 0) is 16.0 Å². The van der Waals surface area contributed by atoms with Crippen molar-refractivity contribution in [2.24, 2.45) is 0 Å². The topological polar surface area (TPSA) is 87.2 Å². The number of ether oxygens (including phenoxy) is 4. The molecule has 0 atom stereocenters. The molecule has 0 radical (unpaired) electrons. The zero-order chi connectivity index (χ0) is 28.9. The van der Waals surface area contributed by atoms with Crippen LogP contribution in [0.15, 0.2) is 66.7 Å². The Morgan fingerprint density at radius 1 is 0.902 bits per heavy atom. The van der Waals surface area contributed by atoms with Crippen molar-refractivity contribution in [2.75, 3.05) is 39.4 Å². The first-order valence-corrected chi connectivity index (χ1v) is 13.4. The Morgan fingerprint density at radius 2 is 1.59 bits per heavy atom. The van der Waals surface area contributed by atoms with Gasteiger partial charge in [0.05, 0.1) is 38.1 Å². The van der Waals surface area contributed by atoms with E-state index in [1.165, 1.54) is 0 Å². The summed E-state index contributed by atoms with van der Waals surface area (Å²) in [6, 6.07) is 20.6. The van der Waals surface area contributed by atoms with Gasteiger partial charge in [-0.1, -0.05) is 36.4 Å². The molecule has 0 unspecified atom stereocenters. The summed E-state index contributed by atoms with van der Waals surface area (Å²) in [7, 11) is 4.72. The molecule has 4 aromatic rings. The maximum Gasteiger partial charge on any atom is 0.339 e. The predicted octanol–water partition coefficient (Wildman–Crippen LogP) is 5.96. The molecule has 3 aromatic carbocycles. The van der Waals surface area contributed by atoms with Crippen LogP contribution >= 0.6 is 0 Å². The van der Waals surface area contributed by atoms with Crippen molar-refractivity contribution >= 4 is 40.1 Å². The van der Waals surface area contributed by atoms with Gasteiger partial charge in [-0.25, -0.2) is 9.78 Å². The summed E-state index contributed by atoms with van der Waals surface area (Å²) >= 11 is 0. The molecule has 1 aliphatic rings. The zero-order valence-corrected chi connectivity index (χ0v) is 23.6. The lowest BCUT2D eigenvalue weighted by atomic mass is 10.0. The third-order valence-corrected chi connectivity index (χ3v) is 7.19. The van der Waals surface area contributed by atoms with Crippen LogP contribution in [-0.4, -0.2) is 51.3 Å². The van der Waals surface area contributed by atoms with Crippen molar-refractivity contribution in [1.82, 2.24) is 4.98 Å². The fourth-order valence-corrected chi connectivity index (χ4v) is 5.29. The average molecular weight is 553 g/mol. The fourth-order valence-electron chi connectivity index (χ4n) is 5.29. The Labute approximate surface area is 239 Å². The van der Waals surface area contributed by atoms with E-state index in [0.717, 1.165) is 28.1 Å². The Kier molecular flexibility index (Phi) is 8.19. The molecule has 1 heterocycles. The second-order valence-electron chi connectivity index (χ2n) is 9.51. The molecule has 0 aliphatic heterocycles. The van der Waals surface area contributed by atoms with E-state index in [-0.39, 0.29) is 12.5 Å². The van der Waals surface area contributed by atoms with Crippen LogP contribution in [0.2, 0.25) is 0 Å². The van der Waals surface area contributed by atoms with Crippen LogP contribution in [0.1, 0.15) is 40.5 Å². The SMILES string of the molecule is CCN(C(=O)COC(=O)c1c2c(nc3ccccc13)C(=Cc1cc(OC)c(OC)c(OC)c1)CC2)c1ccccc1. The summed E-state index contributed by atoms with van der Waals surface area (Å²) in [6.07, 6.45) is 3.33. The van der Waals surface area contributed by atoms with E-state index < -0.39 is 5.97 Å². The number of methoxy groups -OCH3 is 3. The van der Waals surface area contributed by atoms with Crippen LogP contribution in [0.5, 0.6) is 17.2 Å². The van der Waals surface area contributed by atoms with Gasteiger partial charge in [0.1, 0.15) is 0 Å². The molecule has 0 spiro atoms. The predicted molar refractivity (Wildman–Crippen MR) is 159 cm³/mol. The summed E-state index contributed by atoms with van der Waals surface area (Å²) < 4.78 is 22.1. The number of anilines is 1. The minimum Gasteiger partial charge on any atom is -0.493 e. The third-order valence-electron chi connectivity index (χ3n) is 7.19. The second kappa shape index (κ2) is 12.1. The minimum atomic E-state index is -0.536. The first-order chi connectivity index (χ1) is 20.0. The molecule has 8 heteroatoms. The van der Waals surface area contributed by atoms with Gasteiger partial charge in [0, 0.05) is 17.6 Å². The number of likely N-dealkylation sites (N-methyl/N-ethyl adjacent to an activating group) is 1. The van der Waals surface area contributed by atoms with Crippen molar-refractivity contribution in [3.8, 4) is 17.2 Å². The van der Waals surface area contributed by atoms with Crippen molar-refractivity contribution in [3.05, 3.63) is 89.1 Å². The molecule has 0 saturated carbocycles. The number of benzene rings is 3. The number of carbonyl (C=O) groups excluding carboxylic acids is 2. The Bertz CT molecular complexity index is 1610. The molecule has 210 valence electrons. The number of pyridine rings is 1. The number of hydrogen-bond acceptors (Lipinski definition) is 7. The highest BCUT2D eigenvalue weighted by Crippen LogP contribution is 2.41. The van der Waals surface area contributed by atoms with Crippen molar-refractivity contribution in [2.45, 2.75) is 19.8 Å². The molecule has 0 saturated heterocycles. The number of allylic oxidation sites excluding steroid dienone is 1. The number of carbonyl (C=O) groups is 2. The van der Waals surface area contributed by atoms with Gasteiger partial charge in [-0.15, -0.1) is 0 Å². The van der Waals surface area contributed by atoms with Gasteiger partial charge in [-0.2, -0.15) is 0 Å². The quantitative estimate of drug-likeness (QED) is 0.237. The summed E-state index contributed by atoms with van der Waals surface area (Å²) in [6.45, 7) is 1.99. The number of nitrogens with zero attached hydrogens (tertiary/aromatic N) is 2. The summed E-state index contributed by atoms with van der Waals surface area (Å²) in [5.41, 5.74) is 5.29. The highest BCUT2D eigenvalue weighted by molar-refractivity contribution is 6.08. The number of aromatic nitrogens is 1. The molecular formula is C33H32N2O6. The molecule has 5 rings (SSSR count). The molecule has 1 amide bonds. The smallest absolute Gasteiger partial charge is 0.339 e. The van der Waals surface area contributed by atoms with Crippen LogP contribution in [0.3, 0.4) is 0 Å². The Morgan fingerprint density at radius 3 is 2.24 bits per heavy atom. The van der Waals surface area contributed by atoms with Gasteiger partial charge in [0.25, 0.3) is 5.91 Å². The average Bonchev–Trinajstić information content (AvgIpc) is 3.40. The maximum absolute atomic E-state index is 13.6. The number of rotatable bonds is 9. The largest absolute Gasteiger partial charge is 0.493 e.